The average molecular weight is 419 g/mol. The van der Waals surface area contributed by atoms with Crippen molar-refractivity contribution in [3.8, 4) is 0 Å². The first-order valence-electron chi connectivity index (χ1n) is 8.01. The van der Waals surface area contributed by atoms with Gasteiger partial charge in [0.2, 0.25) is 0 Å². The van der Waals surface area contributed by atoms with Crippen molar-refractivity contribution >= 4 is 29.9 Å². The summed E-state index contributed by atoms with van der Waals surface area (Å²) in [7, 11) is 0. The Bertz CT molecular complexity index is 460. The molecular formula is C16H26IN3O2. The third-order valence-corrected chi connectivity index (χ3v) is 3.95. The molecule has 5 nitrogen and oxygen atoms in total. The Hall–Kier alpha value is -0.760. The number of nitrogens with one attached hydrogen (secondary N) is 2. The fraction of sp³-hybridized carbons (Fsp3) is 0.688. The van der Waals surface area contributed by atoms with Crippen molar-refractivity contribution < 1.29 is 9.15 Å². The van der Waals surface area contributed by atoms with Crippen molar-refractivity contribution in [1.82, 2.24) is 10.6 Å². The molecule has 1 aromatic heterocycles. The summed E-state index contributed by atoms with van der Waals surface area (Å²) >= 11 is 0. The molecule has 0 spiro atoms. The number of nitrogens with zero attached hydrogens (tertiary/aromatic N) is 1. The summed E-state index contributed by atoms with van der Waals surface area (Å²) in [4.78, 5) is 4.69. The zero-order valence-corrected chi connectivity index (χ0v) is 15.4. The van der Waals surface area contributed by atoms with Gasteiger partial charge in [-0.15, -0.1) is 24.0 Å². The summed E-state index contributed by atoms with van der Waals surface area (Å²) in [5, 5.41) is 7.07. The van der Waals surface area contributed by atoms with Crippen LogP contribution in [0.3, 0.4) is 0 Å². The molecule has 0 radical (unpaired) electrons. The van der Waals surface area contributed by atoms with Gasteiger partial charge in [-0.2, -0.15) is 0 Å². The van der Waals surface area contributed by atoms with Gasteiger partial charge in [0.05, 0.1) is 12.4 Å². The fourth-order valence-corrected chi connectivity index (χ4v) is 2.61. The third kappa shape index (κ3) is 5.79. The highest BCUT2D eigenvalue weighted by atomic mass is 127. The Labute approximate surface area is 149 Å². The molecule has 1 aliphatic carbocycles. The van der Waals surface area contributed by atoms with Crippen molar-refractivity contribution in [2.24, 2.45) is 4.99 Å². The number of hydrogen-bond acceptors (Lipinski definition) is 3. The Morgan fingerprint density at radius 2 is 2.09 bits per heavy atom. The van der Waals surface area contributed by atoms with Gasteiger partial charge in [-0.25, -0.2) is 0 Å². The van der Waals surface area contributed by atoms with E-state index < -0.39 is 0 Å². The maximum absolute atomic E-state index is 5.60. The van der Waals surface area contributed by atoms with Crippen LogP contribution in [0, 0.1) is 0 Å². The van der Waals surface area contributed by atoms with Gasteiger partial charge in [-0.1, -0.05) is 0 Å². The van der Waals surface area contributed by atoms with Crippen LogP contribution in [-0.4, -0.2) is 37.3 Å². The van der Waals surface area contributed by atoms with E-state index in [0.29, 0.717) is 18.2 Å². The molecule has 6 heteroatoms. The van der Waals surface area contributed by atoms with Gasteiger partial charge in [-0.05, 0) is 44.7 Å². The van der Waals surface area contributed by atoms with Gasteiger partial charge >= 0.3 is 0 Å². The van der Waals surface area contributed by atoms with Crippen LogP contribution in [0.2, 0.25) is 0 Å². The molecule has 2 heterocycles. The molecule has 124 valence electrons. The number of hydrogen-bond donors (Lipinski definition) is 2. The smallest absolute Gasteiger partial charge is 0.191 e. The minimum Gasteiger partial charge on any atom is -0.469 e. The van der Waals surface area contributed by atoms with Gasteiger partial charge in [0.15, 0.2) is 5.96 Å². The number of aliphatic imine (C=N–C) groups is 1. The lowest BCUT2D eigenvalue weighted by atomic mass is 10.0. The van der Waals surface area contributed by atoms with E-state index in [4.69, 9.17) is 14.1 Å². The average Bonchev–Trinajstić information content (AvgIpc) is 3.12. The second-order valence-corrected chi connectivity index (χ2v) is 6.03. The highest BCUT2D eigenvalue weighted by molar-refractivity contribution is 14.0. The molecule has 2 atom stereocenters. The second-order valence-electron chi connectivity index (χ2n) is 6.03. The second kappa shape index (κ2) is 8.76. The molecule has 22 heavy (non-hydrogen) atoms. The van der Waals surface area contributed by atoms with E-state index >= 15 is 0 Å². The number of furan rings is 1. The van der Waals surface area contributed by atoms with Crippen molar-refractivity contribution in [3.05, 3.63) is 24.2 Å². The minimum atomic E-state index is 0. The van der Waals surface area contributed by atoms with Gasteiger partial charge in [0.25, 0.3) is 0 Å². The topological polar surface area (TPSA) is 58.8 Å². The number of ether oxygens (including phenoxy) is 1. The van der Waals surface area contributed by atoms with E-state index in [-0.39, 0.29) is 24.0 Å². The van der Waals surface area contributed by atoms with Crippen LogP contribution in [0.15, 0.2) is 27.8 Å². The predicted molar refractivity (Wildman–Crippen MR) is 97.9 cm³/mol. The molecule has 0 aromatic carbocycles. The summed E-state index contributed by atoms with van der Waals surface area (Å²) < 4.78 is 10.9. The first-order chi connectivity index (χ1) is 10.3. The van der Waals surface area contributed by atoms with Crippen LogP contribution in [0.25, 0.3) is 0 Å². The van der Waals surface area contributed by atoms with Crippen LogP contribution >= 0.6 is 24.0 Å². The zero-order chi connectivity index (χ0) is 14.5. The van der Waals surface area contributed by atoms with Crippen molar-refractivity contribution in [3.63, 3.8) is 0 Å². The standard InChI is InChI=1S/C16H25N3O2.HI/c1-12-11-14(7-10-20-12)19-16(18-13-4-5-13)17-8-6-15-3-2-9-21-15;/h2-3,9,12-14H,4-8,10-11H2,1H3,(H2,17,18,19);1H. The zero-order valence-electron chi connectivity index (χ0n) is 13.1. The summed E-state index contributed by atoms with van der Waals surface area (Å²) in [5.41, 5.74) is 0. The van der Waals surface area contributed by atoms with E-state index in [9.17, 15) is 0 Å². The van der Waals surface area contributed by atoms with E-state index in [1.807, 2.05) is 12.1 Å². The van der Waals surface area contributed by atoms with E-state index in [0.717, 1.165) is 44.1 Å². The number of guanidine groups is 1. The van der Waals surface area contributed by atoms with Crippen LogP contribution in [0.4, 0.5) is 0 Å². The summed E-state index contributed by atoms with van der Waals surface area (Å²) in [6, 6.07) is 4.99. The molecule has 1 aliphatic heterocycles. The van der Waals surface area contributed by atoms with Crippen molar-refractivity contribution in [2.45, 2.75) is 57.2 Å². The van der Waals surface area contributed by atoms with Gasteiger partial charge in [0.1, 0.15) is 5.76 Å². The largest absolute Gasteiger partial charge is 0.469 e. The molecule has 0 bridgehead atoms. The molecule has 2 unspecified atom stereocenters. The van der Waals surface area contributed by atoms with Crippen molar-refractivity contribution in [2.75, 3.05) is 13.2 Å². The molecule has 1 saturated carbocycles. The Morgan fingerprint density at radius 1 is 1.27 bits per heavy atom. The molecule has 2 aliphatic rings. The molecule has 2 fully saturated rings. The monoisotopic (exact) mass is 419 g/mol. The lowest BCUT2D eigenvalue weighted by molar-refractivity contribution is 0.0165. The first kappa shape index (κ1) is 17.6. The Kier molecular flexibility index (Phi) is 7.01. The Morgan fingerprint density at radius 3 is 2.77 bits per heavy atom. The van der Waals surface area contributed by atoms with Crippen LogP contribution in [0.1, 0.15) is 38.4 Å². The summed E-state index contributed by atoms with van der Waals surface area (Å²) in [6.45, 7) is 3.71. The molecule has 2 N–H and O–H groups in total. The van der Waals surface area contributed by atoms with Crippen LogP contribution in [0.5, 0.6) is 0 Å². The van der Waals surface area contributed by atoms with E-state index in [1.54, 1.807) is 6.26 Å². The van der Waals surface area contributed by atoms with Gasteiger partial charge in [0, 0.05) is 31.7 Å². The molecular weight excluding hydrogens is 393 g/mol. The van der Waals surface area contributed by atoms with Gasteiger partial charge < -0.3 is 19.8 Å². The van der Waals surface area contributed by atoms with Crippen LogP contribution < -0.4 is 10.6 Å². The minimum absolute atomic E-state index is 0. The maximum Gasteiger partial charge on any atom is 0.191 e. The predicted octanol–water partition coefficient (Wildman–Crippen LogP) is 2.71. The van der Waals surface area contributed by atoms with E-state index in [1.165, 1.54) is 12.8 Å². The number of rotatable bonds is 5. The lowest BCUT2D eigenvalue weighted by Crippen LogP contribution is -2.47. The van der Waals surface area contributed by atoms with Crippen molar-refractivity contribution in [1.29, 1.82) is 0 Å². The SMILES string of the molecule is CC1CC(NC(=NCCc2ccco2)NC2CC2)CCO1.I. The highest BCUT2D eigenvalue weighted by Crippen LogP contribution is 2.19. The fourth-order valence-electron chi connectivity index (χ4n) is 2.61. The van der Waals surface area contributed by atoms with Crippen LogP contribution in [-0.2, 0) is 11.2 Å². The van der Waals surface area contributed by atoms with Gasteiger partial charge in [-0.3, -0.25) is 4.99 Å². The normalized spacial score (nSPS) is 25.4. The molecule has 3 rings (SSSR count). The van der Waals surface area contributed by atoms with E-state index in [2.05, 4.69) is 17.6 Å². The summed E-state index contributed by atoms with van der Waals surface area (Å²) in [5.74, 6) is 1.94. The quantitative estimate of drug-likeness (QED) is 0.438. The number of halogens is 1. The molecule has 0 amide bonds. The summed E-state index contributed by atoms with van der Waals surface area (Å²) in [6.07, 6.45) is 7.49. The maximum atomic E-state index is 5.60. The Balaban J connectivity index is 0.00000176. The molecule has 1 aromatic rings. The highest BCUT2D eigenvalue weighted by Gasteiger charge is 2.25. The third-order valence-electron chi connectivity index (χ3n) is 3.95. The first-order valence-corrected chi connectivity index (χ1v) is 8.01. The lowest BCUT2D eigenvalue weighted by Gasteiger charge is -2.29. The molecule has 1 saturated heterocycles.